The van der Waals surface area contributed by atoms with Crippen LogP contribution in [0.3, 0.4) is 0 Å². The van der Waals surface area contributed by atoms with E-state index in [0.29, 0.717) is 11.4 Å². The summed E-state index contributed by atoms with van der Waals surface area (Å²) >= 11 is 1.39. The Morgan fingerprint density at radius 2 is 1.63 bits per heavy atom. The Bertz CT molecular complexity index is 993. The van der Waals surface area contributed by atoms with Crippen molar-refractivity contribution in [3.8, 4) is 5.75 Å². The molecule has 0 radical (unpaired) electrons. The van der Waals surface area contributed by atoms with Crippen molar-refractivity contribution in [3.63, 3.8) is 0 Å². The molecule has 0 saturated heterocycles. The molecule has 0 aliphatic rings. The number of benzene rings is 3. The van der Waals surface area contributed by atoms with Gasteiger partial charge in [0.15, 0.2) is 6.61 Å². The molecule has 0 bridgehead atoms. The first-order valence-corrected chi connectivity index (χ1v) is 10.3. The lowest BCUT2D eigenvalue weighted by Gasteiger charge is -2.16. The maximum absolute atomic E-state index is 12.8. The minimum Gasteiger partial charge on any atom is -0.495 e. The number of rotatable bonds is 8. The zero-order chi connectivity index (χ0) is 21.3. The molecular formula is C24H23NO4S. The number of hydrogen-bond donors (Lipinski definition) is 1. The van der Waals surface area contributed by atoms with E-state index < -0.39 is 17.1 Å². The van der Waals surface area contributed by atoms with E-state index in [-0.39, 0.29) is 6.61 Å². The molecule has 0 aliphatic carbocycles. The third-order valence-corrected chi connectivity index (χ3v) is 5.53. The Morgan fingerprint density at radius 1 is 0.967 bits per heavy atom. The molecule has 3 rings (SSSR count). The second-order valence-electron chi connectivity index (χ2n) is 6.58. The Morgan fingerprint density at radius 3 is 2.30 bits per heavy atom. The Kier molecular flexibility index (Phi) is 7.51. The van der Waals surface area contributed by atoms with E-state index in [2.05, 4.69) is 5.32 Å². The second kappa shape index (κ2) is 10.5. The lowest BCUT2D eigenvalue weighted by molar-refractivity contribution is -0.146. The van der Waals surface area contributed by atoms with Crippen LogP contribution in [0.25, 0.3) is 0 Å². The highest BCUT2D eigenvalue weighted by Crippen LogP contribution is 2.36. The van der Waals surface area contributed by atoms with E-state index >= 15 is 0 Å². The van der Waals surface area contributed by atoms with Crippen molar-refractivity contribution >= 4 is 29.3 Å². The van der Waals surface area contributed by atoms with E-state index in [0.717, 1.165) is 16.0 Å². The maximum atomic E-state index is 12.8. The van der Waals surface area contributed by atoms with Crippen molar-refractivity contribution in [3.05, 3.63) is 90.0 Å². The highest BCUT2D eigenvalue weighted by molar-refractivity contribution is 8.00. The fourth-order valence-electron chi connectivity index (χ4n) is 2.83. The van der Waals surface area contributed by atoms with Crippen LogP contribution in [0, 0.1) is 6.92 Å². The van der Waals surface area contributed by atoms with Crippen LogP contribution in [0.15, 0.2) is 83.8 Å². The summed E-state index contributed by atoms with van der Waals surface area (Å²) < 4.78 is 10.6. The van der Waals surface area contributed by atoms with Gasteiger partial charge in [-0.3, -0.25) is 9.59 Å². The molecule has 30 heavy (non-hydrogen) atoms. The summed E-state index contributed by atoms with van der Waals surface area (Å²) in [5.74, 6) is -0.354. The van der Waals surface area contributed by atoms with Crippen molar-refractivity contribution in [2.24, 2.45) is 0 Å². The average molecular weight is 422 g/mol. The van der Waals surface area contributed by atoms with Gasteiger partial charge < -0.3 is 14.8 Å². The number of aryl methyl sites for hydroxylation is 1. The number of methoxy groups -OCH3 is 1. The van der Waals surface area contributed by atoms with E-state index in [1.807, 2.05) is 73.7 Å². The van der Waals surface area contributed by atoms with Crippen molar-refractivity contribution < 1.29 is 19.1 Å². The zero-order valence-corrected chi connectivity index (χ0v) is 17.6. The summed E-state index contributed by atoms with van der Waals surface area (Å²) in [6, 6.07) is 24.5. The van der Waals surface area contributed by atoms with Crippen LogP contribution in [0.1, 0.15) is 16.4 Å². The van der Waals surface area contributed by atoms with E-state index in [1.54, 1.807) is 12.1 Å². The molecule has 0 saturated carbocycles. The van der Waals surface area contributed by atoms with Crippen LogP contribution in [0.2, 0.25) is 0 Å². The van der Waals surface area contributed by atoms with Crippen molar-refractivity contribution in [1.29, 1.82) is 0 Å². The van der Waals surface area contributed by atoms with Crippen molar-refractivity contribution in [2.75, 3.05) is 19.0 Å². The van der Waals surface area contributed by atoms with Crippen LogP contribution in [0.5, 0.6) is 5.75 Å². The molecule has 5 nitrogen and oxygen atoms in total. The number of esters is 1. The molecule has 3 aromatic carbocycles. The van der Waals surface area contributed by atoms with Crippen LogP contribution in [0.4, 0.5) is 5.69 Å². The number of carbonyl (C=O) groups is 2. The summed E-state index contributed by atoms with van der Waals surface area (Å²) in [5.41, 5.74) is 2.33. The third kappa shape index (κ3) is 5.87. The molecular weight excluding hydrogens is 398 g/mol. The standard InChI is InChI=1S/C24H23NO4S/c1-17-13-14-21(28-2)20(15-17)25-22(26)16-29-24(27)23(18-9-5-3-6-10-18)30-19-11-7-4-8-12-19/h3-15,23H,16H2,1-2H3,(H,25,26)/t23-/m0/s1. The Balaban J connectivity index is 1.67. The monoisotopic (exact) mass is 421 g/mol. The summed E-state index contributed by atoms with van der Waals surface area (Å²) in [6.45, 7) is 1.54. The van der Waals surface area contributed by atoms with Crippen molar-refractivity contribution in [1.82, 2.24) is 0 Å². The van der Waals surface area contributed by atoms with E-state index in [4.69, 9.17) is 9.47 Å². The van der Waals surface area contributed by atoms with Gasteiger partial charge in [0.1, 0.15) is 11.0 Å². The number of carbonyl (C=O) groups excluding carboxylic acids is 2. The number of anilines is 1. The van der Waals surface area contributed by atoms with Gasteiger partial charge in [0.2, 0.25) is 0 Å². The molecule has 0 aromatic heterocycles. The smallest absolute Gasteiger partial charge is 0.324 e. The summed E-state index contributed by atoms with van der Waals surface area (Å²) in [4.78, 5) is 26.1. The summed E-state index contributed by atoms with van der Waals surface area (Å²) in [7, 11) is 1.53. The number of hydrogen-bond acceptors (Lipinski definition) is 5. The van der Waals surface area contributed by atoms with Gasteiger partial charge in [0, 0.05) is 4.90 Å². The molecule has 0 unspecified atom stereocenters. The molecule has 0 spiro atoms. The first-order chi connectivity index (χ1) is 14.6. The quantitative estimate of drug-likeness (QED) is 0.409. The number of nitrogens with one attached hydrogen (secondary N) is 1. The van der Waals surface area contributed by atoms with Gasteiger partial charge in [0.05, 0.1) is 12.8 Å². The lowest BCUT2D eigenvalue weighted by atomic mass is 10.1. The van der Waals surface area contributed by atoms with Crippen molar-refractivity contribution in [2.45, 2.75) is 17.1 Å². The topological polar surface area (TPSA) is 64.6 Å². The van der Waals surface area contributed by atoms with Crippen LogP contribution in [-0.4, -0.2) is 25.6 Å². The minimum absolute atomic E-state index is 0.380. The molecule has 3 aromatic rings. The van der Waals surface area contributed by atoms with Gasteiger partial charge in [-0.15, -0.1) is 11.8 Å². The highest BCUT2D eigenvalue weighted by Gasteiger charge is 2.24. The molecule has 0 fully saturated rings. The largest absolute Gasteiger partial charge is 0.495 e. The molecule has 154 valence electrons. The second-order valence-corrected chi connectivity index (χ2v) is 7.76. The van der Waals surface area contributed by atoms with Gasteiger partial charge in [-0.05, 0) is 42.3 Å². The molecule has 0 heterocycles. The van der Waals surface area contributed by atoms with Crippen LogP contribution < -0.4 is 10.1 Å². The number of thioether (sulfide) groups is 1. The summed E-state index contributed by atoms with van der Waals surface area (Å²) in [6.07, 6.45) is 0. The lowest BCUT2D eigenvalue weighted by Crippen LogP contribution is -2.23. The third-order valence-electron chi connectivity index (χ3n) is 4.29. The fraction of sp³-hybridized carbons (Fsp3) is 0.167. The van der Waals surface area contributed by atoms with Gasteiger partial charge in [-0.2, -0.15) is 0 Å². The van der Waals surface area contributed by atoms with Crippen LogP contribution >= 0.6 is 11.8 Å². The van der Waals surface area contributed by atoms with Gasteiger partial charge >= 0.3 is 5.97 Å². The van der Waals surface area contributed by atoms with E-state index in [1.165, 1.54) is 18.9 Å². The SMILES string of the molecule is COc1ccc(C)cc1NC(=O)COC(=O)[C@@H](Sc1ccccc1)c1ccccc1. The van der Waals surface area contributed by atoms with Gasteiger partial charge in [-0.1, -0.05) is 54.6 Å². The zero-order valence-electron chi connectivity index (χ0n) is 16.8. The first-order valence-electron chi connectivity index (χ1n) is 9.44. The van der Waals surface area contributed by atoms with E-state index in [9.17, 15) is 9.59 Å². The minimum atomic E-state index is -0.574. The fourth-order valence-corrected chi connectivity index (χ4v) is 3.88. The number of amides is 1. The number of ether oxygens (including phenoxy) is 2. The van der Waals surface area contributed by atoms with Gasteiger partial charge in [0.25, 0.3) is 5.91 Å². The molecule has 6 heteroatoms. The highest BCUT2D eigenvalue weighted by atomic mass is 32.2. The molecule has 0 aliphatic heterocycles. The predicted molar refractivity (Wildman–Crippen MR) is 119 cm³/mol. The molecule has 1 atom stereocenters. The molecule has 1 N–H and O–H groups in total. The molecule has 1 amide bonds. The summed E-state index contributed by atoms with van der Waals surface area (Å²) in [5, 5.41) is 2.16. The van der Waals surface area contributed by atoms with Gasteiger partial charge in [-0.25, -0.2) is 0 Å². The predicted octanol–water partition coefficient (Wildman–Crippen LogP) is 5.02. The average Bonchev–Trinajstić information content (AvgIpc) is 2.77. The maximum Gasteiger partial charge on any atom is 0.324 e. The van der Waals surface area contributed by atoms with Crippen LogP contribution in [-0.2, 0) is 14.3 Å². The Hall–Kier alpha value is -3.25. The Labute approximate surface area is 180 Å². The normalized spacial score (nSPS) is 11.4. The first kappa shape index (κ1) is 21.5.